The van der Waals surface area contributed by atoms with Gasteiger partial charge in [-0.2, -0.15) is 13.2 Å². The number of nitrogens with one attached hydrogen (secondary N) is 1. The molecule has 2 spiro atoms. The SMILES string of the molecule is O=C(NC1(C(=O)O)C2CC3CC4CC1C34C2)c1cnc(N2CC3(CCOCC3)c3cc(C=C4CCN(C(=O)OCc5ccccc5)CC4)ccc32)nc1C(F)(F)F. The molecule has 3 aliphatic heterocycles. The zero-order valence-corrected chi connectivity index (χ0v) is 31.4. The summed E-state index contributed by atoms with van der Waals surface area (Å²) in [5, 5.41) is 13.2. The van der Waals surface area contributed by atoms with Crippen molar-refractivity contribution in [3.05, 3.63) is 88.2 Å². The number of ether oxygens (including phenoxy) is 2. The fraction of sp³-hybridized carbons (Fsp3) is 0.512. The Kier molecular flexibility index (Phi) is 8.31. The van der Waals surface area contributed by atoms with Crippen molar-refractivity contribution in [1.29, 1.82) is 0 Å². The number of likely N-dealkylation sites (tertiary alicyclic amines) is 1. The number of carboxylic acid groups (broad SMARTS) is 1. The third-order valence-electron chi connectivity index (χ3n) is 14.9. The standard InChI is InChI=1S/C43H44F3N5O6/c44-43(45,46)35-31(36(52)49-42(37(53)54)30-19-28-18-29-20-34(42)41(28,29)21-30)22-47-38(48-35)51-24-40(10-14-56-15-11-40)32-17-27(6-7-33(32)51)16-25-8-12-50(13-9-25)39(55)57-23-26-4-2-1-3-5-26/h1-7,16-17,22,28-30,34H,8-15,18-21,23-24H2,(H,49,52)(H,53,54). The van der Waals surface area contributed by atoms with E-state index in [0.717, 1.165) is 29.3 Å². The van der Waals surface area contributed by atoms with E-state index in [4.69, 9.17) is 9.47 Å². The summed E-state index contributed by atoms with van der Waals surface area (Å²) in [5.74, 6) is -2.15. The van der Waals surface area contributed by atoms with Gasteiger partial charge in [0.1, 0.15) is 12.1 Å². The Hall–Kier alpha value is -4.98. The van der Waals surface area contributed by atoms with Crippen molar-refractivity contribution in [2.45, 2.75) is 75.1 Å². The summed E-state index contributed by atoms with van der Waals surface area (Å²) in [4.78, 5) is 51.3. The molecule has 6 fully saturated rings. The van der Waals surface area contributed by atoms with Gasteiger partial charge in [0.15, 0.2) is 5.69 Å². The number of carbonyl (C=O) groups is 3. The molecule has 14 heteroatoms. The second-order valence-electron chi connectivity index (χ2n) is 17.3. The smallest absolute Gasteiger partial charge is 0.434 e. The second kappa shape index (κ2) is 13.0. The van der Waals surface area contributed by atoms with Crippen LogP contribution in [0.1, 0.15) is 84.1 Å². The summed E-state index contributed by atoms with van der Waals surface area (Å²) in [6, 6.07) is 15.5. The fourth-order valence-corrected chi connectivity index (χ4v) is 12.1. The number of hydrogen-bond acceptors (Lipinski definition) is 8. The zero-order valence-electron chi connectivity index (χ0n) is 31.4. The number of amides is 2. The van der Waals surface area contributed by atoms with Crippen LogP contribution in [-0.4, -0.2) is 76.3 Å². The fourth-order valence-electron chi connectivity index (χ4n) is 12.1. The van der Waals surface area contributed by atoms with Crippen LogP contribution in [0.4, 0.5) is 29.6 Å². The molecule has 2 amide bonds. The minimum Gasteiger partial charge on any atom is -0.479 e. The van der Waals surface area contributed by atoms with Crippen molar-refractivity contribution < 1.29 is 42.1 Å². The molecule has 4 heterocycles. The predicted octanol–water partition coefficient (Wildman–Crippen LogP) is 7.13. The molecule has 4 saturated carbocycles. The van der Waals surface area contributed by atoms with Crippen LogP contribution in [0.2, 0.25) is 0 Å². The van der Waals surface area contributed by atoms with Gasteiger partial charge in [-0.1, -0.05) is 48.0 Å². The lowest BCUT2D eigenvalue weighted by molar-refractivity contribution is -0.209. The van der Waals surface area contributed by atoms with Gasteiger partial charge in [-0.05, 0) is 109 Å². The Morgan fingerprint density at radius 2 is 1.74 bits per heavy atom. The Morgan fingerprint density at radius 3 is 2.44 bits per heavy atom. The number of carbonyl (C=O) groups excluding carboxylic acids is 2. The number of rotatable bonds is 7. The van der Waals surface area contributed by atoms with Crippen LogP contribution in [0.15, 0.2) is 60.3 Å². The van der Waals surface area contributed by atoms with Crippen LogP contribution in [0.3, 0.4) is 0 Å². The summed E-state index contributed by atoms with van der Waals surface area (Å²) in [6.45, 7) is 2.62. The number of halogens is 3. The third-order valence-corrected chi connectivity index (χ3v) is 14.9. The topological polar surface area (TPSA) is 134 Å². The number of benzene rings is 2. The van der Waals surface area contributed by atoms with Crippen molar-refractivity contribution in [2.75, 3.05) is 37.7 Å². The van der Waals surface area contributed by atoms with Crippen LogP contribution in [-0.2, 0) is 32.5 Å². The number of piperidine rings is 1. The van der Waals surface area contributed by atoms with Crippen molar-refractivity contribution in [2.24, 2.45) is 29.1 Å². The number of aromatic nitrogens is 2. The van der Waals surface area contributed by atoms with Crippen molar-refractivity contribution in [3.8, 4) is 0 Å². The van der Waals surface area contributed by atoms with Crippen molar-refractivity contribution in [3.63, 3.8) is 0 Å². The molecule has 7 aliphatic rings. The van der Waals surface area contributed by atoms with E-state index in [-0.39, 0.29) is 35.9 Å². The van der Waals surface area contributed by atoms with Gasteiger partial charge < -0.3 is 29.7 Å². The van der Waals surface area contributed by atoms with E-state index in [2.05, 4.69) is 27.4 Å². The minimum absolute atomic E-state index is 0.0979. The molecule has 2 aromatic carbocycles. The number of hydrogen-bond donors (Lipinski definition) is 2. The van der Waals surface area contributed by atoms with Gasteiger partial charge in [-0.3, -0.25) is 4.79 Å². The van der Waals surface area contributed by atoms with Gasteiger partial charge in [0.2, 0.25) is 5.95 Å². The molecule has 10 rings (SSSR count). The maximum absolute atomic E-state index is 14.8. The molecule has 6 unspecified atom stereocenters. The predicted molar refractivity (Wildman–Crippen MR) is 200 cm³/mol. The molecular weight excluding hydrogens is 739 g/mol. The van der Waals surface area contributed by atoms with E-state index >= 15 is 0 Å². The van der Waals surface area contributed by atoms with E-state index in [1.165, 1.54) is 5.57 Å². The lowest BCUT2D eigenvalue weighted by Gasteiger charge is -2.69. The molecule has 57 heavy (non-hydrogen) atoms. The maximum Gasteiger partial charge on any atom is 0.434 e. The maximum atomic E-state index is 14.8. The average Bonchev–Trinajstić information content (AvgIpc) is 3.81. The lowest BCUT2D eigenvalue weighted by Crippen LogP contribution is -2.73. The van der Waals surface area contributed by atoms with Crippen LogP contribution in [0.5, 0.6) is 0 Å². The van der Waals surface area contributed by atoms with Gasteiger partial charge in [0.25, 0.3) is 5.91 Å². The number of alkyl halides is 3. The molecule has 2 bridgehead atoms. The molecule has 298 valence electrons. The summed E-state index contributed by atoms with van der Waals surface area (Å²) in [7, 11) is 0. The molecule has 4 aliphatic carbocycles. The van der Waals surface area contributed by atoms with Gasteiger partial charge >= 0.3 is 18.2 Å². The Morgan fingerprint density at radius 1 is 1.00 bits per heavy atom. The first-order valence-electron chi connectivity index (χ1n) is 20.1. The normalized spacial score (nSPS) is 30.3. The van der Waals surface area contributed by atoms with E-state index in [9.17, 15) is 32.7 Å². The van der Waals surface area contributed by atoms with Crippen LogP contribution < -0.4 is 10.2 Å². The minimum atomic E-state index is -5.00. The Bertz CT molecular complexity index is 2180. The highest BCUT2D eigenvalue weighted by molar-refractivity contribution is 5.99. The molecular formula is C43H44F3N5O6. The van der Waals surface area contributed by atoms with Crippen LogP contribution >= 0.6 is 0 Å². The second-order valence-corrected chi connectivity index (χ2v) is 17.3. The lowest BCUT2D eigenvalue weighted by atomic mass is 9.36. The van der Waals surface area contributed by atoms with Crippen LogP contribution in [0, 0.1) is 29.1 Å². The highest BCUT2D eigenvalue weighted by atomic mass is 19.4. The van der Waals surface area contributed by atoms with Crippen LogP contribution in [0.25, 0.3) is 6.08 Å². The van der Waals surface area contributed by atoms with E-state index in [1.807, 2.05) is 42.5 Å². The summed E-state index contributed by atoms with van der Waals surface area (Å²) in [6.07, 6.45) is 3.51. The summed E-state index contributed by atoms with van der Waals surface area (Å²) < 4.78 is 55.8. The molecule has 1 aromatic heterocycles. The highest BCUT2D eigenvalue weighted by Gasteiger charge is 2.83. The number of carboxylic acids is 1. The first-order valence-corrected chi connectivity index (χ1v) is 20.1. The van der Waals surface area contributed by atoms with Crippen molar-refractivity contribution in [1.82, 2.24) is 20.2 Å². The van der Waals surface area contributed by atoms with Crippen molar-refractivity contribution >= 4 is 35.7 Å². The number of anilines is 2. The first kappa shape index (κ1) is 36.4. The average molecular weight is 784 g/mol. The first-order chi connectivity index (χ1) is 27.4. The van der Waals surface area contributed by atoms with Gasteiger partial charge in [0, 0.05) is 50.1 Å². The monoisotopic (exact) mass is 783 g/mol. The van der Waals surface area contributed by atoms with Gasteiger partial charge in [0.05, 0.1) is 5.56 Å². The largest absolute Gasteiger partial charge is 0.479 e. The number of nitrogens with zero attached hydrogens (tertiary/aromatic N) is 4. The Balaban J connectivity index is 0.895. The molecule has 2 N–H and O–H groups in total. The van der Waals surface area contributed by atoms with Gasteiger partial charge in [-0.25, -0.2) is 19.6 Å². The molecule has 3 aromatic rings. The van der Waals surface area contributed by atoms with Gasteiger partial charge in [-0.15, -0.1) is 0 Å². The molecule has 0 radical (unpaired) electrons. The summed E-state index contributed by atoms with van der Waals surface area (Å²) >= 11 is 0. The number of fused-ring (bicyclic) bond motifs is 3. The molecule has 2 saturated heterocycles. The van der Waals surface area contributed by atoms with E-state index < -0.39 is 40.3 Å². The molecule has 11 nitrogen and oxygen atoms in total. The zero-order chi connectivity index (χ0) is 39.3. The molecule has 6 atom stereocenters. The Labute approximate surface area is 327 Å². The number of aliphatic carboxylic acids is 1. The quantitative estimate of drug-likeness (QED) is 0.257. The van der Waals surface area contributed by atoms with E-state index in [0.29, 0.717) is 95.3 Å². The highest BCUT2D eigenvalue weighted by Crippen LogP contribution is 2.83. The van der Waals surface area contributed by atoms with E-state index in [1.54, 1.807) is 9.80 Å². The third kappa shape index (κ3) is 5.52. The summed E-state index contributed by atoms with van der Waals surface area (Å²) in [5.41, 5.74) is 0.485.